The lowest BCUT2D eigenvalue weighted by Crippen LogP contribution is -2.26. The van der Waals surface area contributed by atoms with E-state index in [1.54, 1.807) is 0 Å². The fraction of sp³-hybridized carbons (Fsp3) is 0.613. The first kappa shape index (κ1) is 28.5. The van der Waals surface area contributed by atoms with Crippen molar-refractivity contribution in [3.05, 3.63) is 42.0 Å². The second-order valence-electron chi connectivity index (χ2n) is 11.7. The minimum absolute atomic E-state index is 0.0226. The van der Waals surface area contributed by atoms with Crippen LogP contribution in [0, 0.1) is 23.6 Å². The predicted octanol–water partition coefficient (Wildman–Crippen LogP) is 5.15. The molecule has 8 nitrogen and oxygen atoms in total. The van der Waals surface area contributed by atoms with E-state index in [0.29, 0.717) is 50.2 Å². The number of aromatic nitrogens is 2. The molecule has 40 heavy (non-hydrogen) atoms. The number of ether oxygens (including phenoxy) is 3. The van der Waals surface area contributed by atoms with Crippen LogP contribution in [-0.4, -0.2) is 61.1 Å². The number of anilines is 1. The molecule has 3 aliphatic rings. The van der Waals surface area contributed by atoms with Crippen molar-refractivity contribution in [3.63, 3.8) is 0 Å². The molecule has 3 fully saturated rings. The number of hydrogen-bond donors (Lipinski definition) is 0. The van der Waals surface area contributed by atoms with Gasteiger partial charge in [-0.05, 0) is 67.6 Å². The van der Waals surface area contributed by atoms with Crippen molar-refractivity contribution < 1.29 is 28.2 Å². The van der Waals surface area contributed by atoms with Gasteiger partial charge in [0.15, 0.2) is 11.6 Å². The number of carbonyl (C=O) groups excluding carboxylic acids is 2. The minimum Gasteiger partial charge on any atom is -0.489 e. The SMILES string of the molecule is COCC(=O)C[C@@H]1CC[C@H](C(=O)C[C@@H](C)c2ccc(OC3CCN(c4ncnc(OCC5CC5)c4F)C3)cc2)C1. The lowest BCUT2D eigenvalue weighted by molar-refractivity contribution is -0.125. The Morgan fingerprint density at radius 3 is 2.60 bits per heavy atom. The van der Waals surface area contributed by atoms with E-state index < -0.39 is 5.82 Å². The van der Waals surface area contributed by atoms with E-state index in [2.05, 4.69) is 16.9 Å². The fourth-order valence-electron chi connectivity index (χ4n) is 5.91. The summed E-state index contributed by atoms with van der Waals surface area (Å²) in [6, 6.07) is 7.94. The lowest BCUT2D eigenvalue weighted by atomic mass is 9.89. The van der Waals surface area contributed by atoms with Crippen molar-refractivity contribution in [1.82, 2.24) is 9.97 Å². The van der Waals surface area contributed by atoms with Crippen LogP contribution in [0.1, 0.15) is 69.8 Å². The van der Waals surface area contributed by atoms with Crippen molar-refractivity contribution in [3.8, 4) is 11.6 Å². The summed E-state index contributed by atoms with van der Waals surface area (Å²) in [7, 11) is 1.53. The lowest BCUT2D eigenvalue weighted by Gasteiger charge is -2.19. The molecule has 0 amide bonds. The number of ketones is 2. The number of hydrogen-bond acceptors (Lipinski definition) is 8. The normalized spacial score (nSPS) is 23.3. The molecule has 2 saturated carbocycles. The molecule has 2 aliphatic carbocycles. The first-order valence-corrected chi connectivity index (χ1v) is 14.6. The van der Waals surface area contributed by atoms with Crippen molar-refractivity contribution in [2.75, 3.05) is 38.3 Å². The van der Waals surface area contributed by atoms with Gasteiger partial charge < -0.3 is 19.1 Å². The van der Waals surface area contributed by atoms with Crippen LogP contribution in [-0.2, 0) is 14.3 Å². The van der Waals surface area contributed by atoms with E-state index in [-0.39, 0.29) is 42.0 Å². The van der Waals surface area contributed by atoms with Gasteiger partial charge in [-0.25, -0.2) is 4.98 Å². The minimum atomic E-state index is -0.510. The molecular formula is C31H40FN3O5. The summed E-state index contributed by atoms with van der Waals surface area (Å²) in [5, 5.41) is 0. The molecule has 216 valence electrons. The van der Waals surface area contributed by atoms with Gasteiger partial charge in [0, 0.05) is 38.8 Å². The molecule has 2 heterocycles. The van der Waals surface area contributed by atoms with Crippen LogP contribution >= 0.6 is 0 Å². The van der Waals surface area contributed by atoms with Crippen LogP contribution < -0.4 is 14.4 Å². The van der Waals surface area contributed by atoms with Gasteiger partial charge in [-0.1, -0.05) is 19.1 Å². The van der Waals surface area contributed by atoms with Crippen molar-refractivity contribution in [1.29, 1.82) is 0 Å². The smallest absolute Gasteiger partial charge is 0.255 e. The highest BCUT2D eigenvalue weighted by Crippen LogP contribution is 2.36. The van der Waals surface area contributed by atoms with E-state index in [4.69, 9.17) is 14.2 Å². The molecule has 5 rings (SSSR count). The molecule has 9 heteroatoms. The number of halogens is 1. The van der Waals surface area contributed by atoms with Crippen molar-refractivity contribution in [2.24, 2.45) is 17.8 Å². The summed E-state index contributed by atoms with van der Waals surface area (Å²) in [6.07, 6.45) is 7.91. The van der Waals surface area contributed by atoms with Gasteiger partial charge in [0.25, 0.3) is 5.88 Å². The van der Waals surface area contributed by atoms with Gasteiger partial charge >= 0.3 is 0 Å². The first-order valence-electron chi connectivity index (χ1n) is 14.6. The number of methoxy groups -OCH3 is 1. The molecule has 0 spiro atoms. The maximum absolute atomic E-state index is 15.0. The maximum atomic E-state index is 15.0. The highest BCUT2D eigenvalue weighted by Gasteiger charge is 2.32. The van der Waals surface area contributed by atoms with Gasteiger partial charge in [-0.2, -0.15) is 9.37 Å². The molecule has 1 aromatic carbocycles. The molecule has 0 N–H and O–H groups in total. The summed E-state index contributed by atoms with van der Waals surface area (Å²) >= 11 is 0. The zero-order valence-corrected chi connectivity index (χ0v) is 23.5. The van der Waals surface area contributed by atoms with Crippen LogP contribution in [0.5, 0.6) is 11.6 Å². The highest BCUT2D eigenvalue weighted by molar-refractivity contribution is 5.83. The monoisotopic (exact) mass is 553 g/mol. The molecule has 0 bridgehead atoms. The quantitative estimate of drug-likeness (QED) is 0.317. The fourth-order valence-corrected chi connectivity index (χ4v) is 5.91. The standard InChI is InChI=1S/C31H40FN3O5/c1-20(13-28(37)24-6-5-22(14-24)15-25(36)18-38-2)23-7-9-26(10-8-23)40-27-11-12-35(16-27)30-29(32)31(34-19-33-30)39-17-21-3-4-21/h7-10,19-22,24,27H,3-6,11-18H2,1-2H3/t20-,22-,24+,27?/m1/s1. The molecule has 2 aromatic rings. The summed E-state index contributed by atoms with van der Waals surface area (Å²) in [6.45, 7) is 3.90. The van der Waals surface area contributed by atoms with Gasteiger partial charge in [0.2, 0.25) is 5.82 Å². The molecule has 1 saturated heterocycles. The maximum Gasteiger partial charge on any atom is 0.255 e. The van der Waals surface area contributed by atoms with E-state index in [1.165, 1.54) is 13.4 Å². The summed E-state index contributed by atoms with van der Waals surface area (Å²) in [5.74, 6) is 1.90. The Hall–Kier alpha value is -3.07. The molecule has 1 aliphatic heterocycles. The molecule has 4 atom stereocenters. The Bertz CT molecular complexity index is 1170. The Balaban J connectivity index is 1.08. The Kier molecular flexibility index (Phi) is 9.29. The van der Waals surface area contributed by atoms with E-state index >= 15 is 0 Å². The second-order valence-corrected chi connectivity index (χ2v) is 11.7. The van der Waals surface area contributed by atoms with Crippen LogP contribution in [0.25, 0.3) is 0 Å². The topological polar surface area (TPSA) is 90.9 Å². The first-order chi connectivity index (χ1) is 19.4. The molecular weight excluding hydrogens is 513 g/mol. The Morgan fingerprint density at radius 2 is 1.85 bits per heavy atom. The van der Waals surface area contributed by atoms with Crippen molar-refractivity contribution >= 4 is 17.4 Å². The largest absolute Gasteiger partial charge is 0.489 e. The van der Waals surface area contributed by atoms with E-state index in [0.717, 1.165) is 49.8 Å². The molecule has 1 unspecified atom stereocenters. The second kappa shape index (κ2) is 13.1. The summed E-state index contributed by atoms with van der Waals surface area (Å²) < 4.78 is 31.7. The van der Waals surface area contributed by atoms with Crippen LogP contribution in [0.4, 0.5) is 10.2 Å². The number of Topliss-reactive ketones (excluding diaryl/α,β-unsaturated/α-hetero) is 2. The van der Waals surface area contributed by atoms with Gasteiger partial charge in [0.05, 0.1) is 13.2 Å². The van der Waals surface area contributed by atoms with Crippen LogP contribution in [0.2, 0.25) is 0 Å². The third-order valence-electron chi connectivity index (χ3n) is 8.41. The molecule has 0 radical (unpaired) electrons. The highest BCUT2D eigenvalue weighted by atomic mass is 19.1. The number of rotatable bonds is 14. The third kappa shape index (κ3) is 7.36. The van der Waals surface area contributed by atoms with Gasteiger partial charge in [-0.3, -0.25) is 9.59 Å². The van der Waals surface area contributed by atoms with Gasteiger partial charge in [0.1, 0.15) is 30.6 Å². The number of nitrogens with zero attached hydrogens (tertiary/aromatic N) is 3. The summed E-state index contributed by atoms with van der Waals surface area (Å²) in [5.41, 5.74) is 1.10. The number of carbonyl (C=O) groups is 2. The van der Waals surface area contributed by atoms with Crippen LogP contribution in [0.3, 0.4) is 0 Å². The Morgan fingerprint density at radius 1 is 1.07 bits per heavy atom. The zero-order chi connectivity index (χ0) is 28.1. The van der Waals surface area contributed by atoms with Crippen molar-refractivity contribution in [2.45, 2.75) is 70.3 Å². The van der Waals surface area contributed by atoms with E-state index in [1.807, 2.05) is 29.2 Å². The predicted molar refractivity (Wildman–Crippen MR) is 148 cm³/mol. The summed E-state index contributed by atoms with van der Waals surface area (Å²) in [4.78, 5) is 34.9. The van der Waals surface area contributed by atoms with E-state index in [9.17, 15) is 14.0 Å². The average Bonchev–Trinajstić information content (AvgIpc) is 3.46. The molecule has 1 aromatic heterocycles. The average molecular weight is 554 g/mol. The zero-order valence-electron chi connectivity index (χ0n) is 23.5. The number of benzene rings is 1. The van der Waals surface area contributed by atoms with Crippen LogP contribution in [0.15, 0.2) is 30.6 Å². The Labute approximate surface area is 235 Å². The third-order valence-corrected chi connectivity index (χ3v) is 8.41. The van der Waals surface area contributed by atoms with Gasteiger partial charge in [-0.15, -0.1) is 0 Å².